The molecule has 8 nitrogen and oxygen atoms in total. The second kappa shape index (κ2) is 13.3. The predicted molar refractivity (Wildman–Crippen MR) is 169 cm³/mol. The van der Waals surface area contributed by atoms with Crippen LogP contribution in [0.2, 0.25) is 0 Å². The van der Waals surface area contributed by atoms with Gasteiger partial charge in [-0.3, -0.25) is 9.59 Å². The lowest BCUT2D eigenvalue weighted by atomic mass is 9.97. The number of likely N-dealkylation sites (tertiary alicyclic amines) is 1. The maximum Gasteiger partial charge on any atom is 0.309 e. The van der Waals surface area contributed by atoms with Crippen LogP contribution >= 0.6 is 11.8 Å². The topological polar surface area (TPSA) is 86.0 Å². The molecule has 0 aliphatic carbocycles. The normalized spacial score (nSPS) is 16.3. The maximum absolute atomic E-state index is 14.0. The van der Waals surface area contributed by atoms with Gasteiger partial charge in [-0.25, -0.2) is 9.07 Å². The number of ether oxygens (including phenoxy) is 2. The molecular formula is C34H31FN4O4S. The molecule has 1 fully saturated rings. The smallest absolute Gasteiger partial charge is 0.309 e. The van der Waals surface area contributed by atoms with Crippen molar-refractivity contribution in [3.05, 3.63) is 107 Å². The van der Waals surface area contributed by atoms with Crippen LogP contribution in [-0.2, 0) is 20.9 Å². The highest BCUT2D eigenvalue weighted by Gasteiger charge is 2.32. The molecule has 1 aromatic heterocycles. The molecule has 0 bridgehead atoms. The second-order valence-electron chi connectivity index (χ2n) is 10.4. The van der Waals surface area contributed by atoms with Crippen LogP contribution in [0.1, 0.15) is 30.9 Å². The van der Waals surface area contributed by atoms with Crippen molar-refractivity contribution in [2.24, 2.45) is 10.9 Å². The van der Waals surface area contributed by atoms with Crippen LogP contribution < -0.4 is 4.74 Å². The Hall–Kier alpha value is -4.70. The fourth-order valence-corrected chi connectivity index (χ4v) is 6.11. The summed E-state index contributed by atoms with van der Waals surface area (Å²) in [6.45, 7) is 3.58. The van der Waals surface area contributed by atoms with Crippen LogP contribution in [0.25, 0.3) is 23.0 Å². The Kier molecular flexibility index (Phi) is 8.88. The Balaban J connectivity index is 1.21. The number of benzene rings is 3. The molecule has 224 valence electrons. The average Bonchev–Trinajstić information content (AvgIpc) is 3.65. The number of para-hydroxylation sites is 1. The van der Waals surface area contributed by atoms with Gasteiger partial charge in [-0.05, 0) is 80.1 Å². The van der Waals surface area contributed by atoms with Gasteiger partial charge in [0.1, 0.15) is 18.2 Å². The van der Waals surface area contributed by atoms with Crippen LogP contribution in [0.15, 0.2) is 95.0 Å². The molecule has 10 heteroatoms. The van der Waals surface area contributed by atoms with Gasteiger partial charge in [-0.2, -0.15) is 10.1 Å². The average molecular weight is 611 g/mol. The van der Waals surface area contributed by atoms with Gasteiger partial charge in [0.25, 0.3) is 5.91 Å². The number of halogens is 1. The Morgan fingerprint density at radius 1 is 1.02 bits per heavy atom. The van der Waals surface area contributed by atoms with Gasteiger partial charge < -0.3 is 14.4 Å². The summed E-state index contributed by atoms with van der Waals surface area (Å²) in [6, 6.07) is 23.7. The van der Waals surface area contributed by atoms with Gasteiger partial charge in [0.15, 0.2) is 5.17 Å². The van der Waals surface area contributed by atoms with Crippen LogP contribution in [0.5, 0.6) is 5.75 Å². The minimum atomic E-state index is -0.305. The number of aliphatic imine (C=N–C) groups is 1. The predicted octanol–water partition coefficient (Wildman–Crippen LogP) is 6.50. The van der Waals surface area contributed by atoms with Crippen molar-refractivity contribution in [1.82, 2.24) is 14.7 Å². The first kappa shape index (κ1) is 29.4. The Bertz CT molecular complexity index is 1710. The molecule has 44 heavy (non-hydrogen) atoms. The summed E-state index contributed by atoms with van der Waals surface area (Å²) in [7, 11) is 0. The molecule has 0 saturated carbocycles. The molecule has 3 heterocycles. The minimum Gasteiger partial charge on any atom is -0.489 e. The number of amidine groups is 1. The second-order valence-corrected chi connectivity index (χ2v) is 11.5. The van der Waals surface area contributed by atoms with Crippen molar-refractivity contribution in [2.75, 3.05) is 19.7 Å². The molecule has 0 spiro atoms. The third kappa shape index (κ3) is 6.60. The third-order valence-electron chi connectivity index (χ3n) is 7.52. The lowest BCUT2D eigenvalue weighted by molar-refractivity contribution is -0.149. The van der Waals surface area contributed by atoms with E-state index in [4.69, 9.17) is 14.6 Å². The highest BCUT2D eigenvalue weighted by molar-refractivity contribution is 8.18. The molecule has 1 amide bonds. The first-order valence-corrected chi connectivity index (χ1v) is 15.4. The number of esters is 1. The summed E-state index contributed by atoms with van der Waals surface area (Å²) in [5, 5.41) is 5.52. The van der Waals surface area contributed by atoms with E-state index in [-0.39, 0.29) is 30.2 Å². The molecule has 0 atom stereocenters. The largest absolute Gasteiger partial charge is 0.489 e. The summed E-state index contributed by atoms with van der Waals surface area (Å²) >= 11 is 1.34. The Labute approximate surface area is 259 Å². The summed E-state index contributed by atoms with van der Waals surface area (Å²) < 4.78 is 26.8. The van der Waals surface area contributed by atoms with E-state index in [2.05, 4.69) is 9.89 Å². The van der Waals surface area contributed by atoms with E-state index < -0.39 is 0 Å². The molecule has 0 N–H and O–H groups in total. The number of amides is 1. The van der Waals surface area contributed by atoms with E-state index in [0.717, 1.165) is 16.8 Å². The molecule has 6 rings (SSSR count). The molecule has 0 unspecified atom stereocenters. The molecule has 3 aromatic carbocycles. The number of nitrogens with zero attached hydrogens (tertiary/aromatic N) is 4. The number of aromatic nitrogens is 2. The molecule has 0 radical (unpaired) electrons. The summed E-state index contributed by atoms with van der Waals surface area (Å²) in [4.78, 5) is 32.1. The SMILES string of the molecule is CCOC(=O)C1CCN(C2=NC(=O)/C(=C/c3cn(-c4ccccc4)nc3-c3ccc(OCc4ccccc4F)cc3)S2)CC1. The summed E-state index contributed by atoms with van der Waals surface area (Å²) in [5.41, 5.74) is 3.66. The van der Waals surface area contributed by atoms with Crippen LogP contribution in [0.3, 0.4) is 0 Å². The molecule has 2 aliphatic rings. The van der Waals surface area contributed by atoms with E-state index in [1.807, 2.05) is 73.8 Å². The maximum atomic E-state index is 14.0. The van der Waals surface area contributed by atoms with E-state index in [1.165, 1.54) is 17.8 Å². The fraction of sp³-hybridized carbons (Fsp3) is 0.235. The number of hydrogen-bond donors (Lipinski definition) is 0. The highest BCUT2D eigenvalue weighted by atomic mass is 32.2. The molecular weight excluding hydrogens is 579 g/mol. The first-order chi connectivity index (χ1) is 21.5. The van der Waals surface area contributed by atoms with E-state index >= 15 is 0 Å². The highest BCUT2D eigenvalue weighted by Crippen LogP contribution is 2.35. The van der Waals surface area contributed by atoms with Gasteiger partial charge in [0, 0.05) is 36.0 Å². The number of carbonyl (C=O) groups excluding carboxylic acids is 2. The summed E-state index contributed by atoms with van der Waals surface area (Å²) in [5.74, 6) is -0.275. The molecule has 4 aromatic rings. The third-order valence-corrected chi connectivity index (χ3v) is 8.57. The van der Waals surface area contributed by atoms with Gasteiger partial charge >= 0.3 is 5.97 Å². The van der Waals surface area contributed by atoms with Crippen LogP contribution in [0.4, 0.5) is 4.39 Å². The number of carbonyl (C=O) groups is 2. The van der Waals surface area contributed by atoms with Crippen LogP contribution in [0, 0.1) is 11.7 Å². The molecule has 2 aliphatic heterocycles. The number of piperidine rings is 1. The van der Waals surface area contributed by atoms with Gasteiger partial charge in [-0.1, -0.05) is 36.4 Å². The summed E-state index contributed by atoms with van der Waals surface area (Å²) in [6.07, 6.45) is 5.06. The van der Waals surface area contributed by atoms with Crippen molar-refractivity contribution in [3.63, 3.8) is 0 Å². The zero-order valence-electron chi connectivity index (χ0n) is 24.2. The number of rotatable bonds is 8. The zero-order chi connectivity index (χ0) is 30.5. The monoisotopic (exact) mass is 610 g/mol. The van der Waals surface area contributed by atoms with Gasteiger partial charge in [-0.15, -0.1) is 0 Å². The quantitative estimate of drug-likeness (QED) is 0.166. The van der Waals surface area contributed by atoms with Crippen molar-refractivity contribution in [1.29, 1.82) is 0 Å². The zero-order valence-corrected chi connectivity index (χ0v) is 25.0. The van der Waals surface area contributed by atoms with E-state index in [9.17, 15) is 14.0 Å². The fourth-order valence-electron chi connectivity index (χ4n) is 5.16. The van der Waals surface area contributed by atoms with Crippen molar-refractivity contribution < 1.29 is 23.5 Å². The lowest BCUT2D eigenvalue weighted by Gasteiger charge is -2.31. The van der Waals surface area contributed by atoms with Gasteiger partial charge in [0.2, 0.25) is 0 Å². The number of thioether (sulfide) groups is 1. The molecule has 1 saturated heterocycles. The van der Waals surface area contributed by atoms with E-state index in [0.29, 0.717) is 59.6 Å². The van der Waals surface area contributed by atoms with Gasteiger partial charge in [0.05, 0.1) is 28.8 Å². The van der Waals surface area contributed by atoms with Crippen molar-refractivity contribution in [2.45, 2.75) is 26.4 Å². The van der Waals surface area contributed by atoms with Crippen molar-refractivity contribution >= 4 is 34.9 Å². The lowest BCUT2D eigenvalue weighted by Crippen LogP contribution is -2.39. The van der Waals surface area contributed by atoms with E-state index in [1.54, 1.807) is 22.9 Å². The first-order valence-electron chi connectivity index (χ1n) is 14.5. The number of hydrogen-bond acceptors (Lipinski definition) is 7. The van der Waals surface area contributed by atoms with Crippen molar-refractivity contribution in [3.8, 4) is 22.7 Å². The standard InChI is InChI=1S/C34H31FN4O4S/c1-2-42-33(41)24-16-18-38(19-17-24)34-36-32(40)30(44-34)20-26-21-39(27-9-4-3-5-10-27)37-31(26)23-12-14-28(15-13-23)43-22-25-8-6-7-11-29(25)35/h3-15,20-21,24H,2,16-19,22H2,1H3/b30-20-. The minimum absolute atomic E-state index is 0.119. The van der Waals surface area contributed by atoms with Crippen LogP contribution in [-0.4, -0.2) is 51.4 Å². The Morgan fingerprint density at radius 3 is 2.48 bits per heavy atom. The Morgan fingerprint density at radius 2 is 1.75 bits per heavy atom.